The Hall–Kier alpha value is -0.0600. The van der Waals surface area contributed by atoms with Gasteiger partial charge in [0.15, 0.2) is 0 Å². The van der Waals surface area contributed by atoms with E-state index < -0.39 is 5.97 Å². The Kier molecular flexibility index (Phi) is 8.99. The Labute approximate surface area is 119 Å². The van der Waals surface area contributed by atoms with Crippen LogP contribution in [0, 0.1) is 5.92 Å². The third kappa shape index (κ3) is 6.51. The van der Waals surface area contributed by atoms with Gasteiger partial charge in [0.05, 0.1) is 11.7 Å². The van der Waals surface area contributed by atoms with Crippen LogP contribution in [0.5, 0.6) is 0 Å². The molecule has 0 aromatic heterocycles. The minimum atomic E-state index is -1.21. The number of aliphatic carboxylic acids is 1. The molecule has 0 atom stereocenters. The summed E-state index contributed by atoms with van der Waals surface area (Å²) < 4.78 is 0. The molecule has 1 aliphatic rings. The summed E-state index contributed by atoms with van der Waals surface area (Å²) in [5.41, 5.74) is 2.79. The number of rotatable bonds is 5. The summed E-state index contributed by atoms with van der Waals surface area (Å²) in [5, 5.41) is 14.0. The van der Waals surface area contributed by atoms with Crippen molar-refractivity contribution >= 4 is 11.7 Å². The average molecular weight is 234 g/mol. The smallest absolute Gasteiger partial charge is 0.543 e. The van der Waals surface area contributed by atoms with Gasteiger partial charge in [0.1, 0.15) is 0 Å². The molecule has 16 heavy (non-hydrogen) atoms. The SMILES string of the molecule is C/C(=N/NCCC1CCCCC1)C(=O)[O-].[Na+]. The minimum Gasteiger partial charge on any atom is -0.543 e. The van der Waals surface area contributed by atoms with E-state index in [1.54, 1.807) is 0 Å². The van der Waals surface area contributed by atoms with Gasteiger partial charge in [0.2, 0.25) is 0 Å². The topological polar surface area (TPSA) is 64.5 Å². The van der Waals surface area contributed by atoms with Crippen molar-refractivity contribution in [2.24, 2.45) is 11.0 Å². The van der Waals surface area contributed by atoms with Crippen molar-refractivity contribution in [2.45, 2.75) is 45.4 Å². The van der Waals surface area contributed by atoms with Crippen LogP contribution in [-0.2, 0) is 4.79 Å². The summed E-state index contributed by atoms with van der Waals surface area (Å²) >= 11 is 0. The zero-order chi connectivity index (χ0) is 11.1. The van der Waals surface area contributed by atoms with Crippen LogP contribution in [0.1, 0.15) is 45.4 Å². The Balaban J connectivity index is 0.00000225. The van der Waals surface area contributed by atoms with E-state index in [1.165, 1.54) is 39.0 Å². The van der Waals surface area contributed by atoms with E-state index in [9.17, 15) is 9.90 Å². The Morgan fingerprint density at radius 1 is 1.38 bits per heavy atom. The molecule has 0 aliphatic heterocycles. The second-order valence-electron chi connectivity index (χ2n) is 4.19. The predicted molar refractivity (Wildman–Crippen MR) is 57.3 cm³/mol. The monoisotopic (exact) mass is 234 g/mol. The van der Waals surface area contributed by atoms with Gasteiger partial charge in [0.25, 0.3) is 0 Å². The Morgan fingerprint density at radius 2 is 2.00 bits per heavy atom. The summed E-state index contributed by atoms with van der Waals surface area (Å²) in [6, 6.07) is 0. The van der Waals surface area contributed by atoms with Crippen LogP contribution >= 0.6 is 0 Å². The van der Waals surface area contributed by atoms with Crippen LogP contribution in [0.3, 0.4) is 0 Å². The number of hydrazone groups is 1. The summed E-state index contributed by atoms with van der Waals surface area (Å²) in [5.74, 6) is -0.412. The van der Waals surface area contributed by atoms with Crippen LogP contribution in [0.4, 0.5) is 0 Å². The van der Waals surface area contributed by atoms with Crippen LogP contribution in [0.2, 0.25) is 0 Å². The Morgan fingerprint density at radius 3 is 2.56 bits per heavy atom. The molecule has 1 aliphatic carbocycles. The number of carbonyl (C=O) groups excluding carboxylic acids is 1. The van der Waals surface area contributed by atoms with Crippen LogP contribution in [0.25, 0.3) is 0 Å². The van der Waals surface area contributed by atoms with Crippen LogP contribution in [0.15, 0.2) is 5.10 Å². The van der Waals surface area contributed by atoms with Crippen LogP contribution in [-0.4, -0.2) is 18.2 Å². The normalized spacial score (nSPS) is 17.7. The van der Waals surface area contributed by atoms with Gasteiger partial charge in [-0.05, 0) is 19.3 Å². The third-order valence-corrected chi connectivity index (χ3v) is 2.93. The maximum atomic E-state index is 10.3. The van der Waals surface area contributed by atoms with Crippen molar-refractivity contribution in [3.63, 3.8) is 0 Å². The predicted octanol–water partition coefficient (Wildman–Crippen LogP) is -2.32. The molecule has 5 heteroatoms. The molecule has 0 saturated heterocycles. The molecule has 86 valence electrons. The summed E-state index contributed by atoms with van der Waals surface area (Å²) in [6.45, 7) is 2.19. The fourth-order valence-corrected chi connectivity index (χ4v) is 1.96. The number of nitrogens with one attached hydrogen (secondary N) is 1. The van der Waals surface area contributed by atoms with Crippen molar-refractivity contribution in [2.75, 3.05) is 6.54 Å². The molecule has 0 spiro atoms. The van der Waals surface area contributed by atoms with E-state index in [0.29, 0.717) is 0 Å². The van der Waals surface area contributed by atoms with Gasteiger partial charge in [-0.1, -0.05) is 32.1 Å². The van der Waals surface area contributed by atoms with Gasteiger partial charge >= 0.3 is 29.6 Å². The molecule has 1 fully saturated rings. The summed E-state index contributed by atoms with van der Waals surface area (Å²) in [7, 11) is 0. The molecule has 4 nitrogen and oxygen atoms in total. The van der Waals surface area contributed by atoms with E-state index in [2.05, 4.69) is 10.5 Å². The van der Waals surface area contributed by atoms with Gasteiger partial charge in [-0.2, -0.15) is 5.10 Å². The number of hydrogen-bond donors (Lipinski definition) is 1. The van der Waals surface area contributed by atoms with Gasteiger partial charge in [-0.15, -0.1) is 0 Å². The molecule has 0 aromatic carbocycles. The van der Waals surface area contributed by atoms with E-state index >= 15 is 0 Å². The number of nitrogens with zero attached hydrogens (tertiary/aromatic N) is 1. The molecule has 0 aromatic rings. The van der Waals surface area contributed by atoms with Gasteiger partial charge in [-0.3, -0.25) is 0 Å². The largest absolute Gasteiger partial charge is 1.00 e. The molecule has 1 N–H and O–H groups in total. The van der Waals surface area contributed by atoms with Crippen molar-refractivity contribution in [1.29, 1.82) is 0 Å². The first kappa shape index (κ1) is 15.9. The minimum absolute atomic E-state index is 0. The van der Waals surface area contributed by atoms with Gasteiger partial charge < -0.3 is 15.3 Å². The van der Waals surface area contributed by atoms with E-state index in [0.717, 1.165) is 18.9 Å². The molecular weight excluding hydrogens is 215 g/mol. The number of hydrogen-bond acceptors (Lipinski definition) is 4. The molecule has 0 bridgehead atoms. The molecule has 1 rings (SSSR count). The maximum Gasteiger partial charge on any atom is 1.00 e. The Bertz CT molecular complexity index is 238. The van der Waals surface area contributed by atoms with Crippen molar-refractivity contribution in [1.82, 2.24) is 5.43 Å². The van der Waals surface area contributed by atoms with E-state index in [1.807, 2.05) is 0 Å². The van der Waals surface area contributed by atoms with Crippen molar-refractivity contribution in [3.05, 3.63) is 0 Å². The first-order chi connectivity index (χ1) is 7.20. The standard InChI is InChI=1S/C11H20N2O2.Na/c1-9(11(14)15)13-12-8-7-10-5-3-2-4-6-10;/h10,12H,2-8H2,1H3,(H,14,15);/q;+1/p-1/b13-9-;. The first-order valence-electron chi connectivity index (χ1n) is 5.68. The maximum absolute atomic E-state index is 10.3. The average Bonchev–Trinajstić information content (AvgIpc) is 2.25. The van der Waals surface area contributed by atoms with Gasteiger partial charge in [-0.25, -0.2) is 0 Å². The quantitative estimate of drug-likeness (QED) is 0.251. The summed E-state index contributed by atoms with van der Waals surface area (Å²) in [4.78, 5) is 10.3. The molecule has 0 unspecified atom stereocenters. The van der Waals surface area contributed by atoms with E-state index in [4.69, 9.17) is 0 Å². The molecule has 0 radical (unpaired) electrons. The molecule has 1 saturated carbocycles. The molecule has 0 amide bonds. The van der Waals surface area contributed by atoms with E-state index in [-0.39, 0.29) is 35.3 Å². The second-order valence-corrected chi connectivity index (χ2v) is 4.19. The third-order valence-electron chi connectivity index (χ3n) is 2.93. The number of carboxylic acids is 1. The van der Waals surface area contributed by atoms with Crippen molar-refractivity contribution in [3.8, 4) is 0 Å². The fourth-order valence-electron chi connectivity index (χ4n) is 1.96. The number of carboxylic acid groups (broad SMARTS) is 1. The van der Waals surface area contributed by atoms with Gasteiger partial charge in [0, 0.05) is 6.54 Å². The van der Waals surface area contributed by atoms with Crippen molar-refractivity contribution < 1.29 is 39.5 Å². The van der Waals surface area contributed by atoms with Crippen LogP contribution < -0.4 is 40.1 Å². The second kappa shape index (κ2) is 9.02. The number of carbonyl (C=O) groups is 1. The first-order valence-corrected chi connectivity index (χ1v) is 5.68. The fraction of sp³-hybridized carbons (Fsp3) is 0.818. The molecular formula is C11H19N2NaO2. The summed E-state index contributed by atoms with van der Waals surface area (Å²) in [6.07, 6.45) is 7.75. The zero-order valence-corrected chi connectivity index (χ0v) is 12.3. The zero-order valence-electron chi connectivity index (χ0n) is 10.3. The molecule has 0 heterocycles.